The van der Waals surface area contributed by atoms with Gasteiger partial charge < -0.3 is 10.4 Å². The van der Waals surface area contributed by atoms with E-state index in [1.165, 1.54) is 0 Å². The first-order chi connectivity index (χ1) is 6.59. The number of rotatable bonds is 1. The van der Waals surface area contributed by atoms with Gasteiger partial charge in [0.2, 0.25) is 0 Å². The summed E-state index contributed by atoms with van der Waals surface area (Å²) in [5.74, 6) is -2.30. The summed E-state index contributed by atoms with van der Waals surface area (Å²) in [5.41, 5.74) is 0.0785. The molecule has 0 spiro atoms. The molecule has 1 heterocycles. The van der Waals surface area contributed by atoms with E-state index in [1.54, 1.807) is 0 Å². The summed E-state index contributed by atoms with van der Waals surface area (Å²) in [4.78, 5) is 10.6. The lowest BCUT2D eigenvalue weighted by atomic mass is 10.1. The standard InChI is InChI=1S/C9H7F2NO2/c10-5-1-2-6(11)8-4(5)3-7(12-8)9(13)14/h1-2,7,12H,3H2,(H,13,14)/t7-/m1/s1. The molecule has 1 aromatic rings. The first kappa shape index (κ1) is 8.93. The van der Waals surface area contributed by atoms with Crippen molar-refractivity contribution in [3.8, 4) is 0 Å². The first-order valence-electron chi connectivity index (χ1n) is 4.06. The van der Waals surface area contributed by atoms with Crippen LogP contribution in [0.5, 0.6) is 0 Å². The monoisotopic (exact) mass is 199 g/mol. The van der Waals surface area contributed by atoms with Crippen LogP contribution in [0, 0.1) is 11.6 Å². The topological polar surface area (TPSA) is 49.3 Å². The summed E-state index contributed by atoms with van der Waals surface area (Å²) in [6.45, 7) is 0. The molecule has 1 aromatic carbocycles. The fourth-order valence-corrected chi connectivity index (χ4v) is 1.53. The maximum Gasteiger partial charge on any atom is 0.326 e. The van der Waals surface area contributed by atoms with Crippen LogP contribution in [0.15, 0.2) is 12.1 Å². The Labute approximate surface area is 78.4 Å². The van der Waals surface area contributed by atoms with Crippen LogP contribution in [-0.4, -0.2) is 17.1 Å². The average Bonchev–Trinajstić information content (AvgIpc) is 2.57. The van der Waals surface area contributed by atoms with Gasteiger partial charge >= 0.3 is 5.97 Å². The fraction of sp³-hybridized carbons (Fsp3) is 0.222. The largest absolute Gasteiger partial charge is 0.480 e. The molecule has 0 unspecified atom stereocenters. The van der Waals surface area contributed by atoms with Crippen LogP contribution in [0.25, 0.3) is 0 Å². The fourth-order valence-electron chi connectivity index (χ4n) is 1.53. The summed E-state index contributed by atoms with van der Waals surface area (Å²) in [5, 5.41) is 11.1. The van der Waals surface area contributed by atoms with Crippen LogP contribution < -0.4 is 5.32 Å². The van der Waals surface area contributed by atoms with Crippen LogP contribution in [0.1, 0.15) is 5.56 Å². The number of anilines is 1. The number of carboxylic acids is 1. The van der Waals surface area contributed by atoms with E-state index in [4.69, 9.17) is 5.11 Å². The molecule has 2 N–H and O–H groups in total. The van der Waals surface area contributed by atoms with E-state index in [0.29, 0.717) is 0 Å². The number of carbonyl (C=O) groups is 1. The summed E-state index contributed by atoms with van der Waals surface area (Å²) in [7, 11) is 0. The highest BCUT2D eigenvalue weighted by molar-refractivity contribution is 5.81. The second kappa shape index (κ2) is 2.94. The van der Waals surface area contributed by atoms with Crippen molar-refractivity contribution in [3.05, 3.63) is 29.3 Å². The van der Waals surface area contributed by atoms with E-state index in [2.05, 4.69) is 5.32 Å². The highest BCUT2D eigenvalue weighted by Gasteiger charge is 2.30. The van der Waals surface area contributed by atoms with Crippen LogP contribution in [0.4, 0.5) is 14.5 Å². The normalized spacial score (nSPS) is 18.9. The Kier molecular flexibility index (Phi) is 1.87. The molecule has 0 bridgehead atoms. The van der Waals surface area contributed by atoms with Gasteiger partial charge in [0, 0.05) is 12.0 Å². The summed E-state index contributed by atoms with van der Waals surface area (Å²) in [6, 6.07) is 1.04. The lowest BCUT2D eigenvalue weighted by Crippen LogP contribution is -2.26. The number of carboxylic acid groups (broad SMARTS) is 1. The maximum absolute atomic E-state index is 13.1. The molecular weight excluding hydrogens is 192 g/mol. The quantitative estimate of drug-likeness (QED) is 0.718. The zero-order valence-corrected chi connectivity index (χ0v) is 7.05. The number of halogens is 2. The summed E-state index contributed by atoms with van der Waals surface area (Å²) in [6.07, 6.45) is -0.0196. The molecule has 1 aliphatic heterocycles. The van der Waals surface area contributed by atoms with Gasteiger partial charge in [0.15, 0.2) is 0 Å². The Bertz CT molecular complexity index is 375. The third kappa shape index (κ3) is 1.21. The van der Waals surface area contributed by atoms with Gasteiger partial charge in [-0.2, -0.15) is 0 Å². The average molecular weight is 199 g/mol. The molecule has 0 aliphatic carbocycles. The molecule has 0 amide bonds. The van der Waals surface area contributed by atoms with Crippen molar-refractivity contribution >= 4 is 11.7 Å². The van der Waals surface area contributed by atoms with Gasteiger partial charge in [0.1, 0.15) is 17.7 Å². The van der Waals surface area contributed by atoms with E-state index < -0.39 is 23.6 Å². The number of benzene rings is 1. The molecule has 0 saturated carbocycles. The Balaban J connectivity index is 2.43. The molecular formula is C9H7F2NO2. The number of hydrogen-bond acceptors (Lipinski definition) is 2. The molecule has 0 fully saturated rings. The lowest BCUT2D eigenvalue weighted by Gasteiger charge is -2.04. The van der Waals surface area contributed by atoms with Gasteiger partial charge in [-0.15, -0.1) is 0 Å². The summed E-state index contributed by atoms with van der Waals surface area (Å²) >= 11 is 0. The molecule has 14 heavy (non-hydrogen) atoms. The van der Waals surface area contributed by atoms with E-state index >= 15 is 0 Å². The Hall–Kier alpha value is -1.65. The Morgan fingerprint density at radius 1 is 1.43 bits per heavy atom. The minimum Gasteiger partial charge on any atom is -0.480 e. The van der Waals surface area contributed by atoms with Gasteiger partial charge in [-0.25, -0.2) is 13.6 Å². The zero-order chi connectivity index (χ0) is 10.3. The van der Waals surface area contributed by atoms with Crippen molar-refractivity contribution in [3.63, 3.8) is 0 Å². The highest BCUT2D eigenvalue weighted by atomic mass is 19.1. The van der Waals surface area contributed by atoms with Crippen molar-refractivity contribution in [1.29, 1.82) is 0 Å². The predicted molar refractivity (Wildman–Crippen MR) is 45.1 cm³/mol. The van der Waals surface area contributed by atoms with Gasteiger partial charge in [-0.3, -0.25) is 0 Å². The molecule has 74 valence electrons. The van der Waals surface area contributed by atoms with E-state index in [-0.39, 0.29) is 17.7 Å². The van der Waals surface area contributed by atoms with Gasteiger partial charge in [-0.05, 0) is 12.1 Å². The van der Waals surface area contributed by atoms with Crippen molar-refractivity contribution in [2.75, 3.05) is 5.32 Å². The molecule has 1 aliphatic rings. The Morgan fingerprint density at radius 3 is 2.64 bits per heavy atom. The molecule has 0 aromatic heterocycles. The van der Waals surface area contributed by atoms with E-state index in [9.17, 15) is 13.6 Å². The third-order valence-electron chi connectivity index (χ3n) is 2.23. The van der Waals surface area contributed by atoms with Gasteiger partial charge in [0.25, 0.3) is 0 Å². The molecule has 5 heteroatoms. The highest BCUT2D eigenvalue weighted by Crippen LogP contribution is 2.30. The van der Waals surface area contributed by atoms with Crippen LogP contribution in [0.3, 0.4) is 0 Å². The lowest BCUT2D eigenvalue weighted by molar-refractivity contribution is -0.137. The summed E-state index contributed by atoms with van der Waals surface area (Å²) < 4.78 is 26.2. The van der Waals surface area contributed by atoms with Crippen LogP contribution >= 0.6 is 0 Å². The predicted octanol–water partition coefficient (Wildman–Crippen LogP) is 1.39. The number of hydrogen-bond donors (Lipinski definition) is 2. The molecule has 0 radical (unpaired) electrons. The number of aliphatic carboxylic acids is 1. The maximum atomic E-state index is 13.1. The molecule has 1 atom stereocenters. The molecule has 0 saturated heterocycles. The van der Waals surface area contributed by atoms with Crippen molar-refractivity contribution in [2.24, 2.45) is 0 Å². The van der Waals surface area contributed by atoms with Crippen molar-refractivity contribution in [1.82, 2.24) is 0 Å². The second-order valence-electron chi connectivity index (χ2n) is 3.12. The Morgan fingerprint density at radius 2 is 2.07 bits per heavy atom. The second-order valence-corrected chi connectivity index (χ2v) is 3.12. The molecule has 3 nitrogen and oxygen atoms in total. The van der Waals surface area contributed by atoms with E-state index in [1.807, 2.05) is 0 Å². The van der Waals surface area contributed by atoms with Crippen LogP contribution in [0.2, 0.25) is 0 Å². The third-order valence-corrected chi connectivity index (χ3v) is 2.23. The van der Waals surface area contributed by atoms with Crippen LogP contribution in [-0.2, 0) is 11.2 Å². The van der Waals surface area contributed by atoms with Crippen molar-refractivity contribution < 1.29 is 18.7 Å². The van der Waals surface area contributed by atoms with Gasteiger partial charge in [-0.1, -0.05) is 0 Å². The number of fused-ring (bicyclic) bond motifs is 1. The zero-order valence-electron chi connectivity index (χ0n) is 7.05. The van der Waals surface area contributed by atoms with E-state index in [0.717, 1.165) is 12.1 Å². The smallest absolute Gasteiger partial charge is 0.326 e. The minimum absolute atomic E-state index is 0.0196. The SMILES string of the molecule is O=C(O)[C@H]1Cc2c(F)ccc(F)c2N1. The molecule has 2 rings (SSSR count). The number of nitrogens with one attached hydrogen (secondary N) is 1. The first-order valence-corrected chi connectivity index (χ1v) is 4.06. The van der Waals surface area contributed by atoms with Crippen molar-refractivity contribution in [2.45, 2.75) is 12.5 Å². The minimum atomic E-state index is -1.11. The van der Waals surface area contributed by atoms with Gasteiger partial charge in [0.05, 0.1) is 5.69 Å².